The average Bonchev–Trinajstić information content (AvgIpc) is 3.06. The SMILES string of the molecule is C[C@@H](CCc1ccco1)NC(=O)[C@@H]1Cc2ccccc2C(=O)O1. The lowest BCUT2D eigenvalue weighted by atomic mass is 9.98. The number of hydrogen-bond donors (Lipinski definition) is 1. The van der Waals surface area contributed by atoms with Crippen molar-refractivity contribution in [1.82, 2.24) is 5.32 Å². The Labute approximate surface area is 134 Å². The minimum Gasteiger partial charge on any atom is -0.469 e. The molecule has 3 rings (SSSR count). The average molecular weight is 313 g/mol. The maximum atomic E-state index is 12.3. The summed E-state index contributed by atoms with van der Waals surface area (Å²) < 4.78 is 10.5. The molecule has 5 heteroatoms. The lowest BCUT2D eigenvalue weighted by molar-refractivity contribution is -0.131. The lowest BCUT2D eigenvalue weighted by Gasteiger charge is -2.25. The standard InChI is InChI=1S/C18H19NO4/c1-12(8-9-14-6-4-10-22-14)19-17(20)16-11-13-5-2-3-7-15(13)18(21)23-16/h2-7,10,12,16H,8-9,11H2,1H3,(H,19,20)/t12-,16-/m0/s1. The van der Waals surface area contributed by atoms with Crippen molar-refractivity contribution in [1.29, 1.82) is 0 Å². The van der Waals surface area contributed by atoms with Gasteiger partial charge in [0, 0.05) is 18.9 Å². The third kappa shape index (κ3) is 3.62. The fourth-order valence-corrected chi connectivity index (χ4v) is 2.70. The van der Waals surface area contributed by atoms with Crippen molar-refractivity contribution in [2.45, 2.75) is 38.3 Å². The van der Waals surface area contributed by atoms with E-state index in [1.54, 1.807) is 18.4 Å². The van der Waals surface area contributed by atoms with Gasteiger partial charge in [-0.2, -0.15) is 0 Å². The molecule has 0 bridgehead atoms. The molecule has 2 aromatic rings. The van der Waals surface area contributed by atoms with Gasteiger partial charge in [0.05, 0.1) is 11.8 Å². The Bertz CT molecular complexity index is 693. The van der Waals surface area contributed by atoms with Crippen LogP contribution < -0.4 is 5.32 Å². The van der Waals surface area contributed by atoms with Crippen molar-refractivity contribution in [3.05, 3.63) is 59.5 Å². The van der Waals surface area contributed by atoms with Crippen LogP contribution in [0.25, 0.3) is 0 Å². The first-order valence-corrected chi connectivity index (χ1v) is 7.75. The van der Waals surface area contributed by atoms with Gasteiger partial charge < -0.3 is 14.5 Å². The molecule has 0 aliphatic carbocycles. The van der Waals surface area contributed by atoms with Gasteiger partial charge in [-0.1, -0.05) is 18.2 Å². The zero-order valence-corrected chi connectivity index (χ0v) is 13.0. The van der Waals surface area contributed by atoms with Crippen molar-refractivity contribution in [2.24, 2.45) is 0 Å². The van der Waals surface area contributed by atoms with E-state index < -0.39 is 12.1 Å². The summed E-state index contributed by atoms with van der Waals surface area (Å²) in [6.45, 7) is 1.93. The summed E-state index contributed by atoms with van der Waals surface area (Å²) in [6, 6.07) is 11.0. The van der Waals surface area contributed by atoms with Crippen LogP contribution in [0, 0.1) is 0 Å². The second-order valence-electron chi connectivity index (χ2n) is 5.78. The van der Waals surface area contributed by atoms with Crippen LogP contribution >= 0.6 is 0 Å². The summed E-state index contributed by atoms with van der Waals surface area (Å²) >= 11 is 0. The van der Waals surface area contributed by atoms with Crippen molar-refractivity contribution < 1.29 is 18.7 Å². The zero-order chi connectivity index (χ0) is 16.2. The summed E-state index contributed by atoms with van der Waals surface area (Å²) in [4.78, 5) is 24.3. The minimum atomic E-state index is -0.761. The molecule has 23 heavy (non-hydrogen) atoms. The topological polar surface area (TPSA) is 68.5 Å². The molecule has 1 amide bonds. The third-order valence-corrected chi connectivity index (χ3v) is 3.98. The van der Waals surface area contributed by atoms with E-state index in [4.69, 9.17) is 9.15 Å². The minimum absolute atomic E-state index is 0.0246. The molecule has 1 N–H and O–H groups in total. The molecule has 2 atom stereocenters. The van der Waals surface area contributed by atoms with Gasteiger partial charge in [0.1, 0.15) is 5.76 Å². The van der Waals surface area contributed by atoms with Gasteiger partial charge in [0.25, 0.3) is 5.91 Å². The van der Waals surface area contributed by atoms with Crippen LogP contribution in [0.5, 0.6) is 0 Å². The molecule has 0 fully saturated rings. The number of rotatable bonds is 5. The summed E-state index contributed by atoms with van der Waals surface area (Å²) in [5.74, 6) is 0.208. The number of carbonyl (C=O) groups is 2. The summed E-state index contributed by atoms with van der Waals surface area (Å²) in [5, 5.41) is 2.91. The van der Waals surface area contributed by atoms with Crippen LogP contribution in [0.4, 0.5) is 0 Å². The van der Waals surface area contributed by atoms with E-state index in [2.05, 4.69) is 5.32 Å². The molecule has 1 aliphatic rings. The van der Waals surface area contributed by atoms with Gasteiger partial charge in [-0.15, -0.1) is 0 Å². The number of ether oxygens (including phenoxy) is 1. The normalized spacial score (nSPS) is 18.0. The molecular weight excluding hydrogens is 294 g/mol. The first kappa shape index (κ1) is 15.3. The van der Waals surface area contributed by atoms with Crippen LogP contribution in [0.2, 0.25) is 0 Å². The fraction of sp³-hybridized carbons (Fsp3) is 0.333. The highest BCUT2D eigenvalue weighted by Gasteiger charge is 2.31. The smallest absolute Gasteiger partial charge is 0.339 e. The molecule has 0 spiro atoms. The number of fused-ring (bicyclic) bond motifs is 1. The lowest BCUT2D eigenvalue weighted by Crippen LogP contribution is -2.45. The van der Waals surface area contributed by atoms with Gasteiger partial charge >= 0.3 is 5.97 Å². The predicted molar refractivity (Wildman–Crippen MR) is 84.0 cm³/mol. The monoisotopic (exact) mass is 313 g/mol. The van der Waals surface area contributed by atoms with Crippen LogP contribution in [0.15, 0.2) is 47.1 Å². The second-order valence-corrected chi connectivity index (χ2v) is 5.78. The van der Waals surface area contributed by atoms with Gasteiger partial charge in [-0.3, -0.25) is 4.79 Å². The Kier molecular flexibility index (Phi) is 4.46. The molecule has 1 aromatic heterocycles. The van der Waals surface area contributed by atoms with Gasteiger partial charge in [-0.05, 0) is 37.1 Å². The quantitative estimate of drug-likeness (QED) is 0.861. The van der Waals surface area contributed by atoms with E-state index in [9.17, 15) is 9.59 Å². The fourth-order valence-electron chi connectivity index (χ4n) is 2.70. The summed E-state index contributed by atoms with van der Waals surface area (Å²) in [7, 11) is 0. The molecule has 1 aromatic carbocycles. The Morgan fingerprint density at radius 1 is 1.30 bits per heavy atom. The van der Waals surface area contributed by atoms with Crippen LogP contribution in [0.1, 0.15) is 35.0 Å². The van der Waals surface area contributed by atoms with E-state index in [0.717, 1.165) is 24.2 Å². The van der Waals surface area contributed by atoms with Crippen molar-refractivity contribution in [3.63, 3.8) is 0 Å². The molecule has 5 nitrogen and oxygen atoms in total. The largest absolute Gasteiger partial charge is 0.469 e. The maximum absolute atomic E-state index is 12.3. The summed E-state index contributed by atoms with van der Waals surface area (Å²) in [6.07, 6.45) is 2.80. The number of amides is 1. The van der Waals surface area contributed by atoms with Crippen molar-refractivity contribution in [2.75, 3.05) is 0 Å². The predicted octanol–water partition coefficient (Wildman–Crippen LogP) is 2.50. The highest BCUT2D eigenvalue weighted by Crippen LogP contribution is 2.20. The molecule has 0 saturated carbocycles. The number of nitrogens with one attached hydrogen (secondary N) is 1. The van der Waals surface area contributed by atoms with E-state index in [0.29, 0.717) is 12.0 Å². The maximum Gasteiger partial charge on any atom is 0.339 e. The summed E-state index contributed by atoms with van der Waals surface area (Å²) in [5.41, 5.74) is 1.40. The highest BCUT2D eigenvalue weighted by atomic mass is 16.5. The molecular formula is C18H19NO4. The third-order valence-electron chi connectivity index (χ3n) is 3.98. The molecule has 1 aliphatic heterocycles. The number of carbonyl (C=O) groups excluding carboxylic acids is 2. The number of hydrogen-bond acceptors (Lipinski definition) is 4. The Morgan fingerprint density at radius 2 is 2.13 bits per heavy atom. The van der Waals surface area contributed by atoms with E-state index >= 15 is 0 Å². The number of esters is 1. The zero-order valence-electron chi connectivity index (χ0n) is 13.0. The number of benzene rings is 1. The molecule has 0 radical (unpaired) electrons. The van der Waals surface area contributed by atoms with Crippen molar-refractivity contribution >= 4 is 11.9 Å². The number of cyclic esters (lactones) is 1. The van der Waals surface area contributed by atoms with E-state index in [-0.39, 0.29) is 11.9 Å². The molecule has 0 saturated heterocycles. The Morgan fingerprint density at radius 3 is 2.91 bits per heavy atom. The first-order chi connectivity index (χ1) is 11.1. The first-order valence-electron chi connectivity index (χ1n) is 7.75. The molecule has 120 valence electrons. The molecule has 0 unspecified atom stereocenters. The van der Waals surface area contributed by atoms with Crippen LogP contribution in [-0.2, 0) is 22.4 Å². The van der Waals surface area contributed by atoms with E-state index in [1.165, 1.54) is 0 Å². The number of aryl methyl sites for hydroxylation is 1. The molecule has 2 heterocycles. The van der Waals surface area contributed by atoms with Crippen LogP contribution in [-0.4, -0.2) is 24.0 Å². The second kappa shape index (κ2) is 6.69. The van der Waals surface area contributed by atoms with Crippen LogP contribution in [0.3, 0.4) is 0 Å². The van der Waals surface area contributed by atoms with Gasteiger partial charge in [0.2, 0.25) is 0 Å². The van der Waals surface area contributed by atoms with Gasteiger partial charge in [0.15, 0.2) is 6.10 Å². The Hall–Kier alpha value is -2.56. The van der Waals surface area contributed by atoms with E-state index in [1.807, 2.05) is 31.2 Å². The highest BCUT2D eigenvalue weighted by molar-refractivity contribution is 5.95. The Balaban J connectivity index is 1.55. The van der Waals surface area contributed by atoms with Gasteiger partial charge in [-0.25, -0.2) is 4.79 Å². The number of furan rings is 1. The van der Waals surface area contributed by atoms with Crippen molar-refractivity contribution in [3.8, 4) is 0 Å².